The zero-order valence-electron chi connectivity index (χ0n) is 34.3. The summed E-state index contributed by atoms with van der Waals surface area (Å²) in [6.45, 7) is 7.66. The SMILES string of the molecule is CCOC(=O)c1cc(C#N)c(N2CC(C(=O)NS(=O)(=O)CCc3ccccc3)C2)nc1C.Cc1ccccc1CS(=O)(=O)NC(=O)C1CN(c2nc(C)c(C(=O)O)cc2C#N)C1. The molecule has 2 aliphatic rings. The van der Waals surface area contributed by atoms with Crippen LogP contribution < -0.4 is 19.2 Å². The van der Waals surface area contributed by atoms with Crippen LogP contribution in [0.5, 0.6) is 0 Å². The molecule has 2 aromatic carbocycles. The number of aromatic carboxylic acids is 1. The molecule has 20 heteroatoms. The van der Waals surface area contributed by atoms with E-state index in [2.05, 4.69) is 19.4 Å². The maximum absolute atomic E-state index is 12.4. The van der Waals surface area contributed by atoms with Crippen molar-refractivity contribution in [2.45, 2.75) is 39.9 Å². The molecule has 2 saturated heterocycles. The third-order valence-corrected chi connectivity index (χ3v) is 12.5. The van der Waals surface area contributed by atoms with Crippen molar-refractivity contribution in [1.29, 1.82) is 10.5 Å². The molecule has 0 radical (unpaired) electrons. The molecular weight excluding hydrogens is 841 g/mol. The van der Waals surface area contributed by atoms with Gasteiger partial charge in [-0.3, -0.25) is 19.0 Å². The van der Waals surface area contributed by atoms with Crippen molar-refractivity contribution < 1.29 is 45.9 Å². The summed E-state index contributed by atoms with van der Waals surface area (Å²) in [6, 6.07) is 22.8. The summed E-state index contributed by atoms with van der Waals surface area (Å²) in [6.07, 6.45) is 0.307. The lowest BCUT2D eigenvalue weighted by molar-refractivity contribution is -0.124. The first-order valence-electron chi connectivity index (χ1n) is 19.3. The highest BCUT2D eigenvalue weighted by Crippen LogP contribution is 2.30. The molecule has 6 rings (SSSR count). The fourth-order valence-corrected chi connectivity index (χ4v) is 8.89. The van der Waals surface area contributed by atoms with Gasteiger partial charge in [-0.05, 0) is 62.9 Å². The minimum Gasteiger partial charge on any atom is -0.478 e. The number of carboxylic acids is 1. The summed E-state index contributed by atoms with van der Waals surface area (Å²) >= 11 is 0. The Morgan fingerprint density at radius 1 is 0.758 bits per heavy atom. The highest BCUT2D eigenvalue weighted by Gasteiger charge is 2.38. The quantitative estimate of drug-likeness (QED) is 0.154. The first kappa shape index (κ1) is 46.2. The normalized spacial score (nSPS) is 13.8. The van der Waals surface area contributed by atoms with Crippen LogP contribution in [0.2, 0.25) is 0 Å². The molecule has 0 saturated carbocycles. The third-order valence-electron chi connectivity index (χ3n) is 10.1. The van der Waals surface area contributed by atoms with Gasteiger partial charge in [0.25, 0.3) is 0 Å². The van der Waals surface area contributed by atoms with E-state index in [0.717, 1.165) is 11.1 Å². The number of anilines is 2. The molecular formula is C42H44N8O10S2. The zero-order valence-corrected chi connectivity index (χ0v) is 35.9. The molecule has 0 aliphatic carbocycles. The number of nitrogens with zero attached hydrogens (tertiary/aromatic N) is 6. The first-order chi connectivity index (χ1) is 29.3. The Bertz CT molecular complexity index is 2690. The lowest BCUT2D eigenvalue weighted by Gasteiger charge is -2.39. The van der Waals surface area contributed by atoms with Crippen LogP contribution >= 0.6 is 0 Å². The molecule has 2 amide bonds. The molecule has 0 unspecified atom stereocenters. The molecule has 324 valence electrons. The van der Waals surface area contributed by atoms with Crippen molar-refractivity contribution >= 4 is 55.4 Å². The Hall–Kier alpha value is -6.90. The minimum atomic E-state index is -3.85. The second-order valence-corrected chi connectivity index (χ2v) is 18.2. The average molecular weight is 885 g/mol. The van der Waals surface area contributed by atoms with Crippen LogP contribution in [0.3, 0.4) is 0 Å². The van der Waals surface area contributed by atoms with E-state index < -0.39 is 55.6 Å². The van der Waals surface area contributed by atoms with Gasteiger partial charge in [-0.2, -0.15) is 10.5 Å². The summed E-state index contributed by atoms with van der Waals surface area (Å²) in [4.78, 5) is 59.9. The van der Waals surface area contributed by atoms with Gasteiger partial charge in [0.2, 0.25) is 31.9 Å². The van der Waals surface area contributed by atoms with E-state index in [1.54, 1.807) is 54.8 Å². The number of rotatable bonds is 14. The number of carbonyl (C=O) groups excluding carboxylic acids is 3. The number of esters is 1. The van der Waals surface area contributed by atoms with E-state index in [1.807, 2.05) is 42.5 Å². The number of aromatic nitrogens is 2. The monoisotopic (exact) mass is 884 g/mol. The highest BCUT2D eigenvalue weighted by molar-refractivity contribution is 7.90. The van der Waals surface area contributed by atoms with Gasteiger partial charge in [0.15, 0.2) is 0 Å². The fraction of sp³-hybridized carbons (Fsp3) is 0.333. The topological polar surface area (TPSA) is 270 Å². The maximum atomic E-state index is 12.4. The van der Waals surface area contributed by atoms with Crippen LogP contribution in [0.4, 0.5) is 11.6 Å². The smallest absolute Gasteiger partial charge is 0.340 e. The molecule has 2 aromatic heterocycles. The molecule has 4 aromatic rings. The van der Waals surface area contributed by atoms with Gasteiger partial charge in [0.05, 0.1) is 63.6 Å². The van der Waals surface area contributed by atoms with Crippen molar-refractivity contribution in [3.63, 3.8) is 0 Å². The predicted molar refractivity (Wildman–Crippen MR) is 226 cm³/mol. The number of aryl methyl sites for hydroxylation is 4. The molecule has 0 spiro atoms. The van der Waals surface area contributed by atoms with E-state index in [4.69, 9.17) is 9.84 Å². The largest absolute Gasteiger partial charge is 0.478 e. The molecule has 18 nitrogen and oxygen atoms in total. The van der Waals surface area contributed by atoms with Crippen LogP contribution in [0.15, 0.2) is 66.7 Å². The van der Waals surface area contributed by atoms with Crippen LogP contribution in [-0.4, -0.2) is 94.2 Å². The van der Waals surface area contributed by atoms with Gasteiger partial charge in [-0.1, -0.05) is 54.6 Å². The van der Waals surface area contributed by atoms with Gasteiger partial charge in [-0.15, -0.1) is 0 Å². The number of sulfonamides is 2. The number of nitrogens with one attached hydrogen (secondary N) is 2. The zero-order chi connectivity index (χ0) is 45.4. The third kappa shape index (κ3) is 11.5. The molecule has 2 aliphatic heterocycles. The van der Waals surface area contributed by atoms with Crippen molar-refractivity contribution in [2.75, 3.05) is 48.3 Å². The van der Waals surface area contributed by atoms with E-state index >= 15 is 0 Å². The summed E-state index contributed by atoms with van der Waals surface area (Å²) in [5.74, 6) is -3.88. The number of hydrogen-bond donors (Lipinski definition) is 3. The van der Waals surface area contributed by atoms with Crippen LogP contribution in [-0.2, 0) is 46.5 Å². The summed E-state index contributed by atoms with van der Waals surface area (Å²) in [5.41, 5.74) is 3.40. The van der Waals surface area contributed by atoms with Crippen molar-refractivity contribution in [2.24, 2.45) is 11.8 Å². The van der Waals surface area contributed by atoms with Crippen molar-refractivity contribution in [1.82, 2.24) is 19.4 Å². The lowest BCUT2D eigenvalue weighted by atomic mass is 9.98. The molecule has 62 heavy (non-hydrogen) atoms. The standard InChI is InChI=1S/C22H24N4O5S.C20H20N4O5S/c1-3-31-22(28)19-11-17(12-23)20(24-15(19)2)26-13-18(14-26)21(27)25-32(29,30)10-9-16-7-5-4-6-8-16;1-12-5-3-4-6-14(12)11-30(28,29)23-19(25)16-9-24(10-16)18-15(8-21)7-17(20(26)27)13(2)22-18/h4-8,11,18H,3,9-10,13-14H2,1-2H3,(H,25,27);3-7,16H,9-11H2,1-2H3,(H,23,25)(H,26,27). The number of carbonyl (C=O) groups is 4. The fourth-order valence-electron chi connectivity index (χ4n) is 6.53. The van der Waals surface area contributed by atoms with Crippen LogP contribution in [0.25, 0.3) is 0 Å². The molecule has 3 N–H and O–H groups in total. The Morgan fingerprint density at radius 3 is 1.74 bits per heavy atom. The van der Waals surface area contributed by atoms with E-state index in [-0.39, 0.29) is 78.1 Å². The summed E-state index contributed by atoms with van der Waals surface area (Å²) in [7, 11) is -7.61. The summed E-state index contributed by atoms with van der Waals surface area (Å²) in [5, 5.41) is 27.9. The van der Waals surface area contributed by atoms with Gasteiger partial charge >= 0.3 is 11.9 Å². The van der Waals surface area contributed by atoms with Crippen LogP contribution in [0.1, 0.15) is 66.8 Å². The molecule has 0 atom stereocenters. The Kier molecular flexibility index (Phi) is 14.6. The van der Waals surface area contributed by atoms with Crippen LogP contribution in [0, 0.1) is 55.3 Å². The van der Waals surface area contributed by atoms with Crippen molar-refractivity contribution in [3.8, 4) is 12.1 Å². The Morgan fingerprint density at radius 2 is 1.24 bits per heavy atom. The Labute approximate surface area is 359 Å². The van der Waals surface area contributed by atoms with Gasteiger partial charge in [0.1, 0.15) is 23.8 Å². The maximum Gasteiger partial charge on any atom is 0.340 e. The molecule has 0 bridgehead atoms. The van der Waals surface area contributed by atoms with Gasteiger partial charge < -0.3 is 19.6 Å². The molecule has 2 fully saturated rings. The summed E-state index contributed by atoms with van der Waals surface area (Å²) < 4.78 is 58.5. The number of ether oxygens (including phenoxy) is 1. The first-order valence-corrected chi connectivity index (χ1v) is 22.6. The van der Waals surface area contributed by atoms with E-state index in [0.29, 0.717) is 23.5 Å². The van der Waals surface area contributed by atoms with E-state index in [1.165, 1.54) is 19.1 Å². The second kappa shape index (κ2) is 19.7. The number of carboxylic acid groups (broad SMARTS) is 1. The highest BCUT2D eigenvalue weighted by atomic mass is 32.2. The Balaban J connectivity index is 0.000000235. The molecule has 4 heterocycles. The van der Waals surface area contributed by atoms with E-state index in [9.17, 15) is 46.5 Å². The lowest BCUT2D eigenvalue weighted by Crippen LogP contribution is -2.55. The number of benzene rings is 2. The van der Waals surface area contributed by atoms with Crippen molar-refractivity contribution in [3.05, 3.63) is 117 Å². The number of nitriles is 2. The second-order valence-electron chi connectivity index (χ2n) is 14.6. The number of pyridine rings is 2. The number of hydrogen-bond acceptors (Lipinski definition) is 15. The van der Waals surface area contributed by atoms with Gasteiger partial charge in [-0.25, -0.2) is 36.4 Å². The number of amides is 2. The predicted octanol–water partition coefficient (Wildman–Crippen LogP) is 2.91. The minimum absolute atomic E-state index is 0.0626. The van der Waals surface area contributed by atoms with Gasteiger partial charge in [0, 0.05) is 26.2 Å². The average Bonchev–Trinajstić information content (AvgIpc) is 3.17.